The summed E-state index contributed by atoms with van der Waals surface area (Å²) in [6.45, 7) is 2.74. The van der Waals surface area contributed by atoms with E-state index in [1.54, 1.807) is 6.07 Å². The van der Waals surface area contributed by atoms with E-state index in [1.807, 2.05) is 23.0 Å². The quantitative estimate of drug-likeness (QED) is 0.315. The number of carbonyl (C=O) groups excluding carboxylic acids is 1. The second kappa shape index (κ2) is 9.43. The first-order valence-corrected chi connectivity index (χ1v) is 13.1. The largest absolute Gasteiger partial charge is 0.385 e. The molecule has 0 radical (unpaired) electrons. The number of carbonyl (C=O) groups is 1. The van der Waals surface area contributed by atoms with Gasteiger partial charge in [-0.3, -0.25) is 9.48 Å². The summed E-state index contributed by atoms with van der Waals surface area (Å²) in [5, 5.41) is 5.55. The maximum absolute atomic E-state index is 13.9. The smallest absolute Gasteiger partial charge is 0.170 e. The van der Waals surface area contributed by atoms with Gasteiger partial charge in [-0.25, -0.2) is 0 Å². The number of allylic oxidation sites excluding steroid dienone is 4. The number of benzene rings is 2. The zero-order valence-electron chi connectivity index (χ0n) is 21.2. The van der Waals surface area contributed by atoms with Crippen LogP contribution in [0, 0.1) is 18.8 Å². The molecule has 4 aromatic rings. The molecule has 1 unspecified atom stereocenters. The summed E-state index contributed by atoms with van der Waals surface area (Å²) in [6, 6.07) is 18.4. The maximum atomic E-state index is 13.9. The van der Waals surface area contributed by atoms with Gasteiger partial charge in [0.15, 0.2) is 5.78 Å². The lowest BCUT2D eigenvalue weighted by Crippen LogP contribution is -2.28. The summed E-state index contributed by atoms with van der Waals surface area (Å²) in [4.78, 5) is 17.2. The van der Waals surface area contributed by atoms with E-state index in [2.05, 4.69) is 59.5 Å². The molecule has 6 rings (SSSR count). The Labute approximate surface area is 217 Å². The molecule has 0 amide bonds. The van der Waals surface area contributed by atoms with Crippen molar-refractivity contribution >= 4 is 33.9 Å². The van der Waals surface area contributed by atoms with E-state index in [1.165, 1.54) is 22.1 Å². The van der Waals surface area contributed by atoms with Gasteiger partial charge in [0.1, 0.15) is 11.6 Å². The van der Waals surface area contributed by atoms with Gasteiger partial charge in [-0.1, -0.05) is 53.6 Å². The Kier molecular flexibility index (Phi) is 5.95. The van der Waals surface area contributed by atoms with Gasteiger partial charge < -0.3 is 16.5 Å². The van der Waals surface area contributed by atoms with Crippen LogP contribution in [0.15, 0.2) is 78.0 Å². The Morgan fingerprint density at radius 1 is 1.11 bits per heavy atom. The second-order valence-electron chi connectivity index (χ2n) is 10.6. The first-order chi connectivity index (χ1) is 18.0. The van der Waals surface area contributed by atoms with Crippen molar-refractivity contribution in [1.29, 1.82) is 0 Å². The Bertz CT molecular complexity index is 1550. The van der Waals surface area contributed by atoms with Crippen LogP contribution in [0.3, 0.4) is 0 Å². The van der Waals surface area contributed by atoms with E-state index in [0.717, 1.165) is 60.1 Å². The lowest BCUT2D eigenvalue weighted by molar-refractivity contribution is -0.116. The van der Waals surface area contributed by atoms with E-state index in [9.17, 15) is 4.79 Å². The number of aromatic nitrogens is 3. The zero-order valence-corrected chi connectivity index (χ0v) is 21.2. The second-order valence-corrected chi connectivity index (χ2v) is 10.6. The van der Waals surface area contributed by atoms with Crippen molar-refractivity contribution in [3.8, 4) is 0 Å². The van der Waals surface area contributed by atoms with Crippen LogP contribution in [0.4, 0.5) is 11.6 Å². The lowest BCUT2D eigenvalue weighted by atomic mass is 9.70. The molecule has 6 heteroatoms. The number of ketones is 1. The molecule has 2 heterocycles. The van der Waals surface area contributed by atoms with Crippen molar-refractivity contribution in [2.75, 3.05) is 11.5 Å². The van der Waals surface area contributed by atoms with Gasteiger partial charge in [0.25, 0.3) is 0 Å². The van der Waals surface area contributed by atoms with Crippen LogP contribution in [0.5, 0.6) is 0 Å². The van der Waals surface area contributed by atoms with Crippen molar-refractivity contribution in [2.24, 2.45) is 11.8 Å². The number of hydrogen-bond donors (Lipinski definition) is 3. The zero-order chi connectivity index (χ0) is 25.5. The SMILES string of the molecule is Cc1cccc(C2=CC3=C(CC[C@H](Cc4c(N)[nH]c5ccccc45)C3)C(CCn3ccc(N)n3)C2=O)c1. The minimum absolute atomic E-state index is 0.125. The molecular weight excluding hydrogens is 458 g/mol. The van der Waals surface area contributed by atoms with Gasteiger partial charge >= 0.3 is 0 Å². The Balaban J connectivity index is 1.32. The van der Waals surface area contributed by atoms with Crippen LogP contribution in [-0.4, -0.2) is 20.5 Å². The van der Waals surface area contributed by atoms with Crippen LogP contribution >= 0.6 is 0 Å². The fourth-order valence-electron chi connectivity index (χ4n) is 6.22. The van der Waals surface area contributed by atoms with Gasteiger partial charge in [0, 0.05) is 40.7 Å². The number of anilines is 2. The van der Waals surface area contributed by atoms with Gasteiger partial charge in [0.2, 0.25) is 0 Å². The highest BCUT2D eigenvalue weighted by Crippen LogP contribution is 2.44. The molecule has 6 nitrogen and oxygen atoms in total. The van der Waals surface area contributed by atoms with E-state index in [-0.39, 0.29) is 11.7 Å². The summed E-state index contributed by atoms with van der Waals surface area (Å²) in [5.41, 5.74) is 20.2. The molecule has 2 atom stereocenters. The molecule has 0 aliphatic heterocycles. The molecule has 2 aliphatic rings. The Morgan fingerprint density at radius 2 is 1.97 bits per heavy atom. The van der Waals surface area contributed by atoms with Crippen LogP contribution in [0.2, 0.25) is 0 Å². The van der Waals surface area contributed by atoms with E-state index >= 15 is 0 Å². The minimum Gasteiger partial charge on any atom is -0.385 e. The fraction of sp³-hybridized carbons (Fsp3) is 0.290. The minimum atomic E-state index is -0.125. The number of hydrogen-bond acceptors (Lipinski definition) is 4. The van der Waals surface area contributed by atoms with Crippen molar-refractivity contribution in [2.45, 2.75) is 45.6 Å². The van der Waals surface area contributed by atoms with Crippen LogP contribution in [0.1, 0.15) is 42.4 Å². The Morgan fingerprint density at radius 3 is 2.78 bits per heavy atom. The number of aryl methyl sites for hydroxylation is 2. The standard InChI is InChI=1S/C31H33N5O/c1-19-5-4-6-21(15-19)26-18-22-16-20(17-27-24-7-2-3-8-28(24)34-31(27)33)9-10-23(22)25(30(26)37)11-13-36-14-12-29(32)35-36/h2-8,12,14-15,18,20,25,34H,9-11,13,16-17,33H2,1H3,(H2,32,35)/t20-,25?/m0/s1. The highest BCUT2D eigenvalue weighted by molar-refractivity contribution is 6.24. The first kappa shape index (κ1) is 23.3. The average molecular weight is 492 g/mol. The molecule has 0 saturated carbocycles. The third kappa shape index (κ3) is 4.48. The number of aromatic amines is 1. The average Bonchev–Trinajstić information content (AvgIpc) is 3.45. The summed E-state index contributed by atoms with van der Waals surface area (Å²) >= 11 is 0. The Hall–Kier alpha value is -4.06. The first-order valence-electron chi connectivity index (χ1n) is 13.1. The van der Waals surface area contributed by atoms with E-state index in [4.69, 9.17) is 11.5 Å². The highest BCUT2D eigenvalue weighted by atomic mass is 16.1. The van der Waals surface area contributed by atoms with Crippen LogP contribution in [-0.2, 0) is 17.8 Å². The highest BCUT2D eigenvalue weighted by Gasteiger charge is 2.35. The third-order valence-corrected chi connectivity index (χ3v) is 8.04. The van der Waals surface area contributed by atoms with Gasteiger partial charge in [-0.05, 0) is 74.3 Å². The fourth-order valence-corrected chi connectivity index (χ4v) is 6.22. The summed E-state index contributed by atoms with van der Waals surface area (Å²) < 4.78 is 1.85. The summed E-state index contributed by atoms with van der Waals surface area (Å²) in [6.07, 6.45) is 8.69. The van der Waals surface area contributed by atoms with Crippen molar-refractivity contribution < 1.29 is 4.79 Å². The normalized spacial score (nSPS) is 19.8. The number of nitrogens with two attached hydrogens (primary N) is 2. The lowest BCUT2D eigenvalue weighted by Gasteiger charge is -2.34. The van der Waals surface area contributed by atoms with E-state index in [0.29, 0.717) is 18.3 Å². The van der Waals surface area contributed by atoms with Gasteiger partial charge in [0.05, 0.1) is 0 Å². The summed E-state index contributed by atoms with van der Waals surface area (Å²) in [7, 11) is 0. The monoisotopic (exact) mass is 491 g/mol. The molecule has 0 spiro atoms. The molecule has 2 aromatic heterocycles. The molecule has 37 heavy (non-hydrogen) atoms. The number of nitrogen functional groups attached to an aromatic ring is 2. The third-order valence-electron chi connectivity index (χ3n) is 8.04. The molecule has 0 fully saturated rings. The van der Waals surface area contributed by atoms with E-state index < -0.39 is 0 Å². The molecular formula is C31H33N5O. The van der Waals surface area contributed by atoms with Crippen LogP contribution < -0.4 is 11.5 Å². The van der Waals surface area contributed by atoms with Gasteiger partial charge in [-0.2, -0.15) is 5.10 Å². The van der Waals surface area contributed by atoms with Gasteiger partial charge in [-0.15, -0.1) is 0 Å². The topological polar surface area (TPSA) is 103 Å². The predicted octanol–water partition coefficient (Wildman–Crippen LogP) is 5.85. The van der Waals surface area contributed by atoms with Crippen molar-refractivity contribution in [3.05, 3.63) is 94.7 Å². The number of para-hydroxylation sites is 1. The summed E-state index contributed by atoms with van der Waals surface area (Å²) in [5.74, 6) is 1.86. The predicted molar refractivity (Wildman–Crippen MR) is 150 cm³/mol. The molecule has 0 bridgehead atoms. The molecule has 0 saturated heterocycles. The molecule has 2 aliphatic carbocycles. The maximum Gasteiger partial charge on any atom is 0.170 e. The molecule has 188 valence electrons. The number of rotatable bonds is 6. The number of fused-ring (bicyclic) bond motifs is 1. The van der Waals surface area contributed by atoms with Crippen LogP contribution in [0.25, 0.3) is 16.5 Å². The van der Waals surface area contributed by atoms with Crippen molar-refractivity contribution in [3.63, 3.8) is 0 Å². The van der Waals surface area contributed by atoms with Crippen molar-refractivity contribution in [1.82, 2.24) is 14.8 Å². The number of nitrogens with zero attached hydrogens (tertiary/aromatic N) is 2. The molecule has 5 N–H and O–H groups in total. The number of H-pyrrole nitrogens is 1. The molecule has 2 aromatic carbocycles. The number of nitrogens with one attached hydrogen (secondary N) is 1. The number of Topliss-reactive ketones (excluding diaryl/α,β-unsaturated/α-hetero) is 1.